The van der Waals surface area contributed by atoms with E-state index < -0.39 is 0 Å². The summed E-state index contributed by atoms with van der Waals surface area (Å²) in [5.74, 6) is 1.00. The lowest BCUT2D eigenvalue weighted by atomic mass is 9.93. The van der Waals surface area contributed by atoms with Gasteiger partial charge in [0.2, 0.25) is 0 Å². The van der Waals surface area contributed by atoms with E-state index >= 15 is 0 Å². The standard InChI is InChI=1S/C15H30N2/c1-2-7-15(8-9-15)13-17-10-3-4-14-5-11-16-12-6-14/h14,16-17H,2-13H2,1H3. The van der Waals surface area contributed by atoms with Crippen molar-refractivity contribution in [3.8, 4) is 0 Å². The summed E-state index contributed by atoms with van der Waals surface area (Å²) in [6.07, 6.45) is 11.4. The molecule has 1 aliphatic carbocycles. The lowest BCUT2D eigenvalue weighted by Gasteiger charge is -2.22. The fourth-order valence-electron chi connectivity index (χ4n) is 3.26. The van der Waals surface area contributed by atoms with Crippen molar-refractivity contribution in [1.29, 1.82) is 0 Å². The first-order valence-corrected chi connectivity index (χ1v) is 7.76. The van der Waals surface area contributed by atoms with Crippen LogP contribution >= 0.6 is 0 Å². The largest absolute Gasteiger partial charge is 0.317 e. The van der Waals surface area contributed by atoms with E-state index in [0.717, 1.165) is 11.3 Å². The van der Waals surface area contributed by atoms with Crippen LogP contribution in [0.15, 0.2) is 0 Å². The monoisotopic (exact) mass is 238 g/mol. The van der Waals surface area contributed by atoms with Gasteiger partial charge in [0.05, 0.1) is 0 Å². The first kappa shape index (κ1) is 13.4. The first-order valence-electron chi connectivity index (χ1n) is 7.76. The van der Waals surface area contributed by atoms with Gasteiger partial charge in [-0.2, -0.15) is 0 Å². The second kappa shape index (κ2) is 6.75. The van der Waals surface area contributed by atoms with Crippen LogP contribution < -0.4 is 10.6 Å². The van der Waals surface area contributed by atoms with Crippen LogP contribution in [0.1, 0.15) is 58.3 Å². The number of rotatable bonds is 8. The van der Waals surface area contributed by atoms with E-state index in [-0.39, 0.29) is 0 Å². The van der Waals surface area contributed by atoms with Gasteiger partial charge in [0.1, 0.15) is 0 Å². The van der Waals surface area contributed by atoms with Crippen LogP contribution in [0.25, 0.3) is 0 Å². The smallest absolute Gasteiger partial charge is 0.000781 e. The van der Waals surface area contributed by atoms with Crippen LogP contribution in [0.4, 0.5) is 0 Å². The maximum absolute atomic E-state index is 3.70. The van der Waals surface area contributed by atoms with Gasteiger partial charge in [-0.15, -0.1) is 0 Å². The molecule has 0 amide bonds. The summed E-state index contributed by atoms with van der Waals surface area (Å²) >= 11 is 0. The van der Waals surface area contributed by atoms with Gasteiger partial charge in [0.25, 0.3) is 0 Å². The van der Waals surface area contributed by atoms with Crippen molar-refractivity contribution in [3.05, 3.63) is 0 Å². The van der Waals surface area contributed by atoms with Crippen molar-refractivity contribution in [2.75, 3.05) is 26.2 Å². The minimum atomic E-state index is 0.726. The highest BCUT2D eigenvalue weighted by Crippen LogP contribution is 2.48. The van der Waals surface area contributed by atoms with Crippen molar-refractivity contribution < 1.29 is 0 Å². The van der Waals surface area contributed by atoms with Crippen molar-refractivity contribution in [2.45, 2.75) is 58.3 Å². The Morgan fingerprint density at radius 3 is 2.65 bits per heavy atom. The third-order valence-corrected chi connectivity index (χ3v) is 4.66. The van der Waals surface area contributed by atoms with Gasteiger partial charge >= 0.3 is 0 Å². The molecule has 0 radical (unpaired) electrons. The van der Waals surface area contributed by atoms with E-state index in [4.69, 9.17) is 0 Å². The summed E-state index contributed by atoms with van der Waals surface area (Å²) in [7, 11) is 0. The Morgan fingerprint density at radius 1 is 1.24 bits per heavy atom. The van der Waals surface area contributed by atoms with Crippen LogP contribution in [0.5, 0.6) is 0 Å². The van der Waals surface area contributed by atoms with E-state index in [1.54, 1.807) is 0 Å². The molecule has 2 nitrogen and oxygen atoms in total. The minimum absolute atomic E-state index is 0.726. The molecule has 1 saturated heterocycles. The Bertz CT molecular complexity index is 205. The van der Waals surface area contributed by atoms with Crippen LogP contribution in [0.2, 0.25) is 0 Å². The number of hydrogen-bond acceptors (Lipinski definition) is 2. The molecule has 0 unspecified atom stereocenters. The van der Waals surface area contributed by atoms with Crippen LogP contribution in [0.3, 0.4) is 0 Å². The molecule has 2 heteroatoms. The molecular weight excluding hydrogens is 208 g/mol. The zero-order valence-corrected chi connectivity index (χ0v) is 11.6. The summed E-state index contributed by atoms with van der Waals surface area (Å²) in [6.45, 7) is 7.34. The van der Waals surface area contributed by atoms with Gasteiger partial charge in [0.15, 0.2) is 0 Å². The third kappa shape index (κ3) is 4.59. The topological polar surface area (TPSA) is 24.1 Å². The normalized spacial score (nSPS) is 23.8. The first-order chi connectivity index (χ1) is 8.35. The van der Waals surface area contributed by atoms with E-state index in [0.29, 0.717) is 0 Å². The zero-order valence-electron chi connectivity index (χ0n) is 11.6. The molecule has 2 aliphatic rings. The average Bonchev–Trinajstić information content (AvgIpc) is 3.11. The Morgan fingerprint density at radius 2 is 2.00 bits per heavy atom. The SMILES string of the molecule is CCCC1(CNCCCC2CCNCC2)CC1. The number of piperidine rings is 1. The lowest BCUT2D eigenvalue weighted by molar-refractivity contribution is 0.340. The van der Waals surface area contributed by atoms with E-state index in [1.165, 1.54) is 77.5 Å². The van der Waals surface area contributed by atoms with Gasteiger partial charge in [-0.1, -0.05) is 13.3 Å². The van der Waals surface area contributed by atoms with Crippen molar-refractivity contribution in [3.63, 3.8) is 0 Å². The molecular formula is C15H30N2. The molecule has 0 atom stereocenters. The summed E-state index contributed by atoms with van der Waals surface area (Å²) in [4.78, 5) is 0. The molecule has 17 heavy (non-hydrogen) atoms. The van der Waals surface area contributed by atoms with Crippen LogP contribution in [-0.2, 0) is 0 Å². The van der Waals surface area contributed by atoms with Gasteiger partial charge in [0, 0.05) is 6.54 Å². The van der Waals surface area contributed by atoms with Crippen molar-refractivity contribution in [1.82, 2.24) is 10.6 Å². The maximum Gasteiger partial charge on any atom is 0.000781 e. The predicted molar refractivity (Wildman–Crippen MR) is 74.3 cm³/mol. The van der Waals surface area contributed by atoms with Gasteiger partial charge in [-0.3, -0.25) is 0 Å². The Labute approximate surface area is 107 Å². The average molecular weight is 238 g/mol. The van der Waals surface area contributed by atoms with Gasteiger partial charge in [-0.25, -0.2) is 0 Å². The molecule has 2 rings (SSSR count). The number of hydrogen-bond donors (Lipinski definition) is 2. The molecule has 0 aromatic heterocycles. The van der Waals surface area contributed by atoms with Crippen LogP contribution in [-0.4, -0.2) is 26.2 Å². The molecule has 0 aromatic rings. The predicted octanol–water partition coefficient (Wildman–Crippen LogP) is 2.94. The highest BCUT2D eigenvalue weighted by atomic mass is 14.9. The van der Waals surface area contributed by atoms with Crippen molar-refractivity contribution in [2.24, 2.45) is 11.3 Å². The molecule has 2 fully saturated rings. The summed E-state index contributed by atoms with van der Waals surface area (Å²) in [5, 5.41) is 7.14. The molecule has 0 bridgehead atoms. The lowest BCUT2D eigenvalue weighted by Crippen LogP contribution is -2.29. The van der Waals surface area contributed by atoms with E-state index in [9.17, 15) is 0 Å². The molecule has 1 heterocycles. The summed E-state index contributed by atoms with van der Waals surface area (Å²) < 4.78 is 0. The second-order valence-corrected chi connectivity index (χ2v) is 6.26. The van der Waals surface area contributed by atoms with Gasteiger partial charge in [-0.05, 0) is 75.9 Å². The zero-order chi connectivity index (χ0) is 12.0. The molecule has 2 N–H and O–H groups in total. The van der Waals surface area contributed by atoms with Crippen LogP contribution in [0, 0.1) is 11.3 Å². The Kier molecular flexibility index (Phi) is 5.30. The molecule has 0 aromatic carbocycles. The minimum Gasteiger partial charge on any atom is -0.317 e. The number of nitrogens with one attached hydrogen (secondary N) is 2. The Balaban J connectivity index is 1.46. The second-order valence-electron chi connectivity index (χ2n) is 6.26. The fourth-order valence-corrected chi connectivity index (χ4v) is 3.26. The third-order valence-electron chi connectivity index (χ3n) is 4.66. The van der Waals surface area contributed by atoms with Crippen molar-refractivity contribution >= 4 is 0 Å². The maximum atomic E-state index is 3.70. The molecule has 0 spiro atoms. The fraction of sp³-hybridized carbons (Fsp3) is 1.00. The molecule has 100 valence electrons. The van der Waals surface area contributed by atoms with Gasteiger partial charge < -0.3 is 10.6 Å². The highest BCUT2D eigenvalue weighted by molar-refractivity contribution is 4.94. The Hall–Kier alpha value is -0.0800. The quantitative estimate of drug-likeness (QED) is 0.635. The summed E-state index contributed by atoms with van der Waals surface area (Å²) in [5.41, 5.74) is 0.726. The molecule has 1 saturated carbocycles. The van der Waals surface area contributed by atoms with E-state index in [2.05, 4.69) is 17.6 Å². The van der Waals surface area contributed by atoms with E-state index in [1.807, 2.05) is 0 Å². The summed E-state index contributed by atoms with van der Waals surface area (Å²) in [6, 6.07) is 0. The molecule has 1 aliphatic heterocycles. The highest BCUT2D eigenvalue weighted by Gasteiger charge is 2.40.